The fourth-order valence-electron chi connectivity index (χ4n) is 2.24. The lowest BCUT2D eigenvalue weighted by atomic mass is 10.00. The Morgan fingerprint density at radius 3 is 2.71 bits per heavy atom. The Morgan fingerprint density at radius 2 is 2.00 bits per heavy atom. The lowest BCUT2D eigenvalue weighted by molar-refractivity contribution is 0.436. The summed E-state index contributed by atoms with van der Waals surface area (Å²) < 4.78 is 19.4. The van der Waals surface area contributed by atoms with Crippen LogP contribution in [0.4, 0.5) is 10.2 Å². The molecule has 0 aliphatic rings. The van der Waals surface area contributed by atoms with Gasteiger partial charge in [-0.25, -0.2) is 4.39 Å². The van der Waals surface area contributed by atoms with Crippen LogP contribution < -0.4 is 5.73 Å². The molecule has 21 heavy (non-hydrogen) atoms. The molecule has 0 aliphatic heterocycles. The van der Waals surface area contributed by atoms with Gasteiger partial charge in [0.1, 0.15) is 5.82 Å². The van der Waals surface area contributed by atoms with Gasteiger partial charge in [-0.1, -0.05) is 35.0 Å². The van der Waals surface area contributed by atoms with Crippen LogP contribution in [-0.4, -0.2) is 5.16 Å². The molecule has 1 aromatic heterocycles. The molecule has 0 saturated heterocycles. The lowest BCUT2D eigenvalue weighted by Crippen LogP contribution is -1.90. The van der Waals surface area contributed by atoms with E-state index in [9.17, 15) is 4.39 Å². The molecule has 3 aromatic rings. The second-order valence-corrected chi connectivity index (χ2v) is 5.93. The zero-order chi connectivity index (χ0) is 15.0. The molecule has 5 heteroatoms. The first-order valence-electron chi connectivity index (χ1n) is 6.34. The van der Waals surface area contributed by atoms with Crippen LogP contribution in [-0.2, 0) is 0 Å². The maximum absolute atomic E-state index is 13.3. The third kappa shape index (κ3) is 2.65. The van der Waals surface area contributed by atoms with Gasteiger partial charge < -0.3 is 10.3 Å². The van der Waals surface area contributed by atoms with Gasteiger partial charge in [0.25, 0.3) is 0 Å². The molecule has 0 unspecified atom stereocenters. The molecule has 0 radical (unpaired) electrons. The number of aromatic nitrogens is 1. The van der Waals surface area contributed by atoms with Gasteiger partial charge in [0.15, 0.2) is 11.6 Å². The smallest absolute Gasteiger partial charge is 0.177 e. The van der Waals surface area contributed by atoms with Crippen molar-refractivity contribution in [2.75, 3.05) is 5.73 Å². The van der Waals surface area contributed by atoms with E-state index in [2.05, 4.69) is 27.7 Å². The molecule has 0 saturated carbocycles. The highest BCUT2D eigenvalue weighted by Crippen LogP contribution is 2.38. The number of nitrogens with zero attached hydrogens (tertiary/aromatic N) is 1. The Balaban J connectivity index is 2.22. The third-order valence-electron chi connectivity index (χ3n) is 3.20. The molecule has 0 aliphatic carbocycles. The highest BCUT2D eigenvalue weighted by molar-refractivity contribution is 14.1. The largest absolute Gasteiger partial charge is 0.380 e. The molecular weight excluding hydrogens is 382 g/mol. The fourth-order valence-corrected chi connectivity index (χ4v) is 2.96. The Bertz CT molecular complexity index is 814. The van der Waals surface area contributed by atoms with Crippen LogP contribution in [0, 0.1) is 16.3 Å². The summed E-state index contributed by atoms with van der Waals surface area (Å²) in [5.41, 5.74) is 9.53. The normalized spacial score (nSPS) is 10.8. The molecule has 0 fully saturated rings. The average molecular weight is 394 g/mol. The molecule has 0 bridgehead atoms. The SMILES string of the molecule is Cc1cccc(-c2c(N)noc2-c2ccc(F)cc2I)c1. The van der Waals surface area contributed by atoms with Crippen LogP contribution >= 0.6 is 22.6 Å². The zero-order valence-corrected chi connectivity index (χ0v) is 13.4. The van der Waals surface area contributed by atoms with E-state index in [0.29, 0.717) is 11.6 Å². The van der Waals surface area contributed by atoms with Gasteiger partial charge >= 0.3 is 0 Å². The zero-order valence-electron chi connectivity index (χ0n) is 11.2. The predicted octanol–water partition coefficient (Wildman–Crippen LogP) is 4.64. The van der Waals surface area contributed by atoms with Crippen molar-refractivity contribution in [1.29, 1.82) is 0 Å². The number of hydrogen-bond acceptors (Lipinski definition) is 3. The molecule has 3 rings (SSSR count). The first-order valence-corrected chi connectivity index (χ1v) is 7.42. The van der Waals surface area contributed by atoms with E-state index in [0.717, 1.165) is 25.8 Å². The van der Waals surface area contributed by atoms with Gasteiger partial charge in [-0.15, -0.1) is 0 Å². The van der Waals surface area contributed by atoms with Crippen molar-refractivity contribution in [3.63, 3.8) is 0 Å². The molecule has 1 heterocycles. The van der Waals surface area contributed by atoms with Crippen LogP contribution in [0.3, 0.4) is 0 Å². The maximum atomic E-state index is 13.3. The Morgan fingerprint density at radius 1 is 1.19 bits per heavy atom. The third-order valence-corrected chi connectivity index (χ3v) is 4.09. The van der Waals surface area contributed by atoms with Gasteiger partial charge in [-0.05, 0) is 53.3 Å². The maximum Gasteiger partial charge on any atom is 0.177 e. The molecule has 0 amide bonds. The topological polar surface area (TPSA) is 52.0 Å². The van der Waals surface area contributed by atoms with Crippen molar-refractivity contribution >= 4 is 28.4 Å². The Hall–Kier alpha value is -1.89. The monoisotopic (exact) mass is 394 g/mol. The van der Waals surface area contributed by atoms with Crippen LogP contribution in [0.5, 0.6) is 0 Å². The summed E-state index contributed by atoms with van der Waals surface area (Å²) in [4.78, 5) is 0. The standard InChI is InChI=1S/C16H12FIN2O/c1-9-3-2-4-10(7-9)14-15(21-20-16(14)19)12-6-5-11(17)8-13(12)18/h2-8H,1H3,(H2,19,20). The summed E-state index contributed by atoms with van der Waals surface area (Å²) in [6.45, 7) is 2.01. The van der Waals surface area contributed by atoms with Gasteiger partial charge in [0.05, 0.1) is 5.56 Å². The molecule has 0 atom stereocenters. The van der Waals surface area contributed by atoms with E-state index >= 15 is 0 Å². The first kappa shape index (κ1) is 14.1. The first-order chi connectivity index (χ1) is 10.1. The Kier molecular flexibility index (Phi) is 3.67. The second kappa shape index (κ2) is 5.48. The van der Waals surface area contributed by atoms with Gasteiger partial charge in [-0.2, -0.15) is 0 Å². The van der Waals surface area contributed by atoms with Crippen LogP contribution in [0.2, 0.25) is 0 Å². The highest BCUT2D eigenvalue weighted by atomic mass is 127. The van der Waals surface area contributed by atoms with Crippen molar-refractivity contribution in [2.24, 2.45) is 0 Å². The van der Waals surface area contributed by atoms with E-state index in [1.807, 2.05) is 31.2 Å². The number of nitrogen functional groups attached to an aromatic ring is 1. The number of nitrogens with two attached hydrogens (primary N) is 1. The summed E-state index contributed by atoms with van der Waals surface area (Å²) in [7, 11) is 0. The summed E-state index contributed by atoms with van der Waals surface area (Å²) in [5.74, 6) is 0.603. The average Bonchev–Trinajstić information content (AvgIpc) is 2.80. The van der Waals surface area contributed by atoms with Crippen molar-refractivity contribution in [2.45, 2.75) is 6.92 Å². The molecule has 2 aromatic carbocycles. The number of anilines is 1. The van der Waals surface area contributed by atoms with E-state index in [4.69, 9.17) is 10.3 Å². The van der Waals surface area contributed by atoms with Gasteiger partial charge in [-0.3, -0.25) is 0 Å². The molecule has 3 nitrogen and oxygen atoms in total. The van der Waals surface area contributed by atoms with Crippen LogP contribution in [0.25, 0.3) is 22.5 Å². The van der Waals surface area contributed by atoms with E-state index in [1.54, 1.807) is 6.07 Å². The number of halogens is 2. The van der Waals surface area contributed by atoms with E-state index < -0.39 is 0 Å². The van der Waals surface area contributed by atoms with Crippen molar-refractivity contribution < 1.29 is 8.91 Å². The summed E-state index contributed by atoms with van der Waals surface area (Å²) in [6.07, 6.45) is 0. The van der Waals surface area contributed by atoms with Gasteiger partial charge in [0.2, 0.25) is 0 Å². The van der Waals surface area contributed by atoms with E-state index in [-0.39, 0.29) is 5.82 Å². The minimum atomic E-state index is -0.284. The summed E-state index contributed by atoms with van der Waals surface area (Å²) in [6, 6.07) is 12.5. The molecular formula is C16H12FIN2O. The quantitative estimate of drug-likeness (QED) is 0.645. The summed E-state index contributed by atoms with van der Waals surface area (Å²) >= 11 is 2.07. The molecule has 2 N–H and O–H groups in total. The minimum absolute atomic E-state index is 0.284. The van der Waals surface area contributed by atoms with Crippen molar-refractivity contribution in [3.8, 4) is 22.5 Å². The molecule has 0 spiro atoms. The number of aryl methyl sites for hydroxylation is 1. The number of rotatable bonds is 2. The lowest BCUT2D eigenvalue weighted by Gasteiger charge is -2.06. The number of benzene rings is 2. The highest BCUT2D eigenvalue weighted by Gasteiger charge is 2.19. The fraction of sp³-hybridized carbons (Fsp3) is 0.0625. The predicted molar refractivity (Wildman–Crippen MR) is 89.2 cm³/mol. The number of hydrogen-bond donors (Lipinski definition) is 1. The molecule has 106 valence electrons. The minimum Gasteiger partial charge on any atom is -0.380 e. The Labute approximate surface area is 135 Å². The van der Waals surface area contributed by atoms with Crippen LogP contribution in [0.1, 0.15) is 5.56 Å². The summed E-state index contributed by atoms with van der Waals surface area (Å²) in [5, 5.41) is 3.87. The van der Waals surface area contributed by atoms with Gasteiger partial charge in [0, 0.05) is 9.13 Å². The van der Waals surface area contributed by atoms with Crippen LogP contribution in [0.15, 0.2) is 47.0 Å². The van der Waals surface area contributed by atoms with Crippen molar-refractivity contribution in [1.82, 2.24) is 5.16 Å². The second-order valence-electron chi connectivity index (χ2n) is 4.77. The van der Waals surface area contributed by atoms with Crippen molar-refractivity contribution in [3.05, 3.63) is 57.4 Å². The van der Waals surface area contributed by atoms with E-state index in [1.165, 1.54) is 12.1 Å².